The zero-order valence-electron chi connectivity index (χ0n) is 22.3. The van der Waals surface area contributed by atoms with Gasteiger partial charge in [-0.05, 0) is 38.8 Å². The summed E-state index contributed by atoms with van der Waals surface area (Å²) in [5, 5.41) is 20.3. The Morgan fingerprint density at radius 3 is 2.58 bits per heavy atom. The molecular weight excluding hydrogens is 498 g/mol. The Labute approximate surface area is 225 Å². The molecule has 1 aliphatic heterocycles. The number of aromatic nitrogens is 5. The van der Waals surface area contributed by atoms with Crippen molar-refractivity contribution in [1.29, 1.82) is 10.5 Å². The zero-order chi connectivity index (χ0) is 27.1. The van der Waals surface area contributed by atoms with E-state index in [-0.39, 0.29) is 35.7 Å². The number of piperazine rings is 1. The molecule has 0 amide bonds. The second-order valence-corrected chi connectivity index (χ2v) is 11.0. The SMILES string of the molecule is CC[C@H]1CN(C(C)c2ccc3nc(C)sc3n2)[C@H](CC)CN1c1c(C#N)c(=O)n(C)n2cc(CC#N)nc12. The van der Waals surface area contributed by atoms with Crippen molar-refractivity contribution in [2.75, 3.05) is 18.0 Å². The van der Waals surface area contributed by atoms with Crippen LogP contribution in [-0.4, -0.2) is 54.2 Å². The Morgan fingerprint density at radius 1 is 1.13 bits per heavy atom. The number of fused-ring (bicyclic) bond motifs is 2. The van der Waals surface area contributed by atoms with Gasteiger partial charge in [0, 0.05) is 38.3 Å². The number of nitriles is 2. The largest absolute Gasteiger partial charge is 0.361 e. The van der Waals surface area contributed by atoms with Crippen LogP contribution < -0.4 is 10.5 Å². The van der Waals surface area contributed by atoms with Gasteiger partial charge in [0.2, 0.25) is 0 Å². The first-order valence-corrected chi connectivity index (χ1v) is 13.8. The molecule has 0 saturated carbocycles. The second-order valence-electron chi connectivity index (χ2n) is 9.84. The van der Waals surface area contributed by atoms with E-state index in [1.807, 2.05) is 6.92 Å². The fraction of sp³-hybridized carbons (Fsp3) is 0.481. The van der Waals surface area contributed by atoms with Crippen molar-refractivity contribution in [3.05, 3.63) is 50.6 Å². The van der Waals surface area contributed by atoms with Crippen LogP contribution in [0.3, 0.4) is 0 Å². The van der Waals surface area contributed by atoms with Gasteiger partial charge in [-0.3, -0.25) is 9.69 Å². The van der Waals surface area contributed by atoms with Gasteiger partial charge in [-0.2, -0.15) is 10.5 Å². The maximum Gasteiger partial charge on any atom is 0.285 e. The lowest BCUT2D eigenvalue weighted by Gasteiger charge is -2.49. The molecule has 1 aliphatic rings. The number of rotatable bonds is 6. The highest BCUT2D eigenvalue weighted by Gasteiger charge is 2.38. The fourth-order valence-corrected chi connectivity index (χ4v) is 6.39. The predicted octanol–water partition coefficient (Wildman–Crippen LogP) is 3.72. The average Bonchev–Trinajstić information content (AvgIpc) is 3.51. The van der Waals surface area contributed by atoms with Crippen LogP contribution in [0.4, 0.5) is 5.69 Å². The lowest BCUT2D eigenvalue weighted by Crippen LogP contribution is -2.59. The molecule has 3 atom stereocenters. The van der Waals surface area contributed by atoms with Crippen LogP contribution in [0.5, 0.6) is 0 Å². The van der Waals surface area contributed by atoms with Crippen molar-refractivity contribution in [3.63, 3.8) is 0 Å². The monoisotopic (exact) mass is 529 g/mol. The van der Waals surface area contributed by atoms with Gasteiger partial charge in [-0.15, -0.1) is 0 Å². The predicted molar refractivity (Wildman–Crippen MR) is 147 cm³/mol. The Hall–Kier alpha value is -3.80. The highest BCUT2D eigenvalue weighted by atomic mass is 32.1. The molecule has 196 valence electrons. The molecule has 0 spiro atoms. The summed E-state index contributed by atoms with van der Waals surface area (Å²) in [6.45, 7) is 9.92. The van der Waals surface area contributed by atoms with Gasteiger partial charge >= 0.3 is 0 Å². The minimum atomic E-state index is -0.369. The van der Waals surface area contributed by atoms with E-state index in [0.29, 0.717) is 23.6 Å². The third-order valence-electron chi connectivity index (χ3n) is 7.67. The smallest absolute Gasteiger partial charge is 0.285 e. The minimum Gasteiger partial charge on any atom is -0.361 e. The first kappa shape index (κ1) is 25.8. The van der Waals surface area contributed by atoms with Crippen LogP contribution in [0, 0.1) is 29.6 Å². The standard InChI is InChI=1S/C27H31N9OS/c1-6-19-15-35(24-21(12-29)27(37)33(5)36-13-18(10-11-28)31-25(24)36)20(7-2)14-34(19)16(3)22-8-9-23-26(32-22)38-17(4)30-23/h8-9,13,16,19-20H,6-7,10,14-15H2,1-5H3/t16?,19-,20+/m1/s1. The van der Waals surface area contributed by atoms with Crippen molar-refractivity contribution >= 4 is 33.0 Å². The summed E-state index contributed by atoms with van der Waals surface area (Å²) in [5.41, 5.74) is 3.36. The highest BCUT2D eigenvalue weighted by Crippen LogP contribution is 2.35. The first-order valence-electron chi connectivity index (χ1n) is 13.0. The molecule has 38 heavy (non-hydrogen) atoms. The van der Waals surface area contributed by atoms with Crippen molar-refractivity contribution < 1.29 is 0 Å². The van der Waals surface area contributed by atoms with Crippen molar-refractivity contribution in [2.45, 2.75) is 65.1 Å². The van der Waals surface area contributed by atoms with E-state index in [0.717, 1.165) is 40.4 Å². The van der Waals surface area contributed by atoms with E-state index in [1.165, 1.54) is 4.68 Å². The normalized spacial score (nSPS) is 19.1. The minimum absolute atomic E-state index is 0.0637. The molecule has 1 unspecified atom stereocenters. The molecule has 11 heteroatoms. The van der Waals surface area contributed by atoms with Crippen LogP contribution in [0.15, 0.2) is 23.1 Å². The maximum absolute atomic E-state index is 13.2. The molecule has 4 aromatic heterocycles. The number of nitrogens with zero attached hydrogens (tertiary/aromatic N) is 9. The molecule has 10 nitrogen and oxygen atoms in total. The molecule has 4 aromatic rings. The molecule has 0 N–H and O–H groups in total. The van der Waals surface area contributed by atoms with Gasteiger partial charge in [0.1, 0.15) is 27.7 Å². The van der Waals surface area contributed by atoms with E-state index >= 15 is 0 Å². The van der Waals surface area contributed by atoms with E-state index in [4.69, 9.17) is 9.97 Å². The van der Waals surface area contributed by atoms with Gasteiger partial charge in [0.05, 0.1) is 35.1 Å². The Balaban J connectivity index is 1.57. The van der Waals surface area contributed by atoms with Gasteiger partial charge < -0.3 is 4.90 Å². The molecule has 5 rings (SSSR count). The summed E-state index contributed by atoms with van der Waals surface area (Å²) >= 11 is 1.61. The number of pyridine rings is 1. The van der Waals surface area contributed by atoms with Crippen LogP contribution in [0.25, 0.3) is 16.0 Å². The number of imidazole rings is 1. The van der Waals surface area contributed by atoms with Crippen molar-refractivity contribution in [3.8, 4) is 12.1 Å². The summed E-state index contributed by atoms with van der Waals surface area (Å²) in [7, 11) is 1.62. The molecule has 0 bridgehead atoms. The van der Waals surface area contributed by atoms with E-state index in [2.05, 4.69) is 59.8 Å². The number of anilines is 1. The van der Waals surface area contributed by atoms with Crippen LogP contribution >= 0.6 is 11.3 Å². The topological polar surface area (TPSA) is 119 Å². The Morgan fingerprint density at radius 2 is 1.89 bits per heavy atom. The van der Waals surface area contributed by atoms with Crippen LogP contribution in [-0.2, 0) is 13.5 Å². The molecule has 1 fully saturated rings. The highest BCUT2D eigenvalue weighted by molar-refractivity contribution is 7.18. The number of aryl methyl sites for hydroxylation is 2. The van der Waals surface area contributed by atoms with Crippen LogP contribution in [0.1, 0.15) is 61.6 Å². The second kappa shape index (κ2) is 10.2. The first-order chi connectivity index (χ1) is 18.3. The summed E-state index contributed by atoms with van der Waals surface area (Å²) in [4.78, 5) is 33.1. The molecule has 1 saturated heterocycles. The van der Waals surface area contributed by atoms with E-state index < -0.39 is 0 Å². The summed E-state index contributed by atoms with van der Waals surface area (Å²) < 4.78 is 3.06. The third-order valence-corrected chi connectivity index (χ3v) is 8.55. The summed E-state index contributed by atoms with van der Waals surface area (Å²) in [6.07, 6.45) is 3.58. The van der Waals surface area contributed by atoms with Gasteiger partial charge in [0.15, 0.2) is 5.65 Å². The zero-order valence-corrected chi connectivity index (χ0v) is 23.2. The van der Waals surface area contributed by atoms with Gasteiger partial charge in [-0.25, -0.2) is 24.1 Å². The lowest BCUT2D eigenvalue weighted by atomic mass is 9.97. The number of hydrogen-bond donors (Lipinski definition) is 0. The van der Waals surface area contributed by atoms with E-state index in [9.17, 15) is 15.3 Å². The van der Waals surface area contributed by atoms with Crippen molar-refractivity contribution in [2.24, 2.45) is 7.05 Å². The quantitative estimate of drug-likeness (QED) is 0.371. The maximum atomic E-state index is 13.2. The molecule has 5 heterocycles. The summed E-state index contributed by atoms with van der Waals surface area (Å²) in [6, 6.07) is 8.77. The summed E-state index contributed by atoms with van der Waals surface area (Å²) in [5.74, 6) is 0. The fourth-order valence-electron chi connectivity index (χ4n) is 5.60. The van der Waals surface area contributed by atoms with Crippen molar-refractivity contribution in [1.82, 2.24) is 29.0 Å². The average molecular weight is 530 g/mol. The molecule has 0 aliphatic carbocycles. The van der Waals surface area contributed by atoms with Gasteiger partial charge in [-0.1, -0.05) is 25.2 Å². The van der Waals surface area contributed by atoms with Gasteiger partial charge in [0.25, 0.3) is 5.56 Å². The lowest BCUT2D eigenvalue weighted by molar-refractivity contribution is 0.0992. The van der Waals surface area contributed by atoms with Crippen LogP contribution in [0.2, 0.25) is 0 Å². The Bertz CT molecular complexity index is 1650. The molecular formula is C27H31N9OS. The van der Waals surface area contributed by atoms with E-state index in [1.54, 1.807) is 29.1 Å². The molecule has 0 radical (unpaired) electrons. The third kappa shape index (κ3) is 4.22. The number of hydrogen-bond acceptors (Lipinski definition) is 9. The molecule has 0 aromatic carbocycles. The number of thiazole rings is 1. The Kier molecular flexibility index (Phi) is 6.91.